The largest absolute Gasteiger partial charge is 0.345 e. The lowest BCUT2D eigenvalue weighted by Crippen LogP contribution is -2.35. The zero-order valence-electron chi connectivity index (χ0n) is 17.2. The van der Waals surface area contributed by atoms with Gasteiger partial charge in [-0.05, 0) is 36.6 Å². The summed E-state index contributed by atoms with van der Waals surface area (Å²) in [5, 5.41) is 7.75. The van der Waals surface area contributed by atoms with Gasteiger partial charge in [0.05, 0.1) is 12.7 Å². The van der Waals surface area contributed by atoms with E-state index in [1.54, 1.807) is 36.1 Å². The van der Waals surface area contributed by atoms with Crippen LogP contribution in [0.3, 0.4) is 0 Å². The minimum Gasteiger partial charge on any atom is -0.345 e. The van der Waals surface area contributed by atoms with E-state index in [1.165, 1.54) is 21.1 Å². The van der Waals surface area contributed by atoms with Gasteiger partial charge in [0.25, 0.3) is 5.91 Å². The Morgan fingerprint density at radius 3 is 2.55 bits per heavy atom. The third-order valence-corrected chi connectivity index (χ3v) is 7.48. The molecule has 1 aromatic carbocycles. The number of aryl methyl sites for hydroxylation is 1. The summed E-state index contributed by atoms with van der Waals surface area (Å²) in [6.07, 6.45) is 5.85. The van der Waals surface area contributed by atoms with Gasteiger partial charge in [0.1, 0.15) is 16.4 Å². The van der Waals surface area contributed by atoms with Gasteiger partial charge in [-0.15, -0.1) is 0 Å². The molecule has 2 aromatic heterocycles. The summed E-state index contributed by atoms with van der Waals surface area (Å²) in [5.41, 5.74) is 1.24. The quantitative estimate of drug-likeness (QED) is 0.609. The number of anilines is 1. The summed E-state index contributed by atoms with van der Waals surface area (Å²) >= 11 is 5.93. The van der Waals surface area contributed by atoms with E-state index in [0.29, 0.717) is 30.5 Å². The van der Waals surface area contributed by atoms with Gasteiger partial charge in [0.15, 0.2) is 0 Å². The van der Waals surface area contributed by atoms with Gasteiger partial charge in [-0.2, -0.15) is 9.40 Å². The molecule has 1 saturated heterocycles. The highest BCUT2D eigenvalue weighted by Gasteiger charge is 2.28. The first kappa shape index (κ1) is 21.6. The van der Waals surface area contributed by atoms with Crippen LogP contribution in [0.25, 0.3) is 0 Å². The van der Waals surface area contributed by atoms with Crippen molar-refractivity contribution in [2.45, 2.75) is 30.7 Å². The summed E-state index contributed by atoms with van der Waals surface area (Å²) in [6.45, 7) is 1.49. The minimum absolute atomic E-state index is 0.136. The maximum Gasteiger partial charge on any atom is 0.273 e. The number of hydrogen-bond acceptors (Lipinski definition) is 4. The van der Waals surface area contributed by atoms with Crippen molar-refractivity contribution in [1.82, 2.24) is 18.7 Å². The smallest absolute Gasteiger partial charge is 0.273 e. The number of nitrogens with zero attached hydrogens (tertiary/aromatic N) is 4. The van der Waals surface area contributed by atoms with Crippen molar-refractivity contribution in [2.24, 2.45) is 7.05 Å². The van der Waals surface area contributed by atoms with E-state index in [0.717, 1.165) is 24.8 Å². The molecule has 1 fully saturated rings. The number of aromatic nitrogens is 3. The van der Waals surface area contributed by atoms with Crippen LogP contribution in [-0.2, 0) is 23.6 Å². The Hall–Kier alpha value is -2.62. The van der Waals surface area contributed by atoms with Crippen molar-refractivity contribution < 1.29 is 13.2 Å². The van der Waals surface area contributed by atoms with E-state index in [-0.39, 0.29) is 10.6 Å². The van der Waals surface area contributed by atoms with Crippen molar-refractivity contribution in [3.8, 4) is 0 Å². The maximum absolute atomic E-state index is 12.9. The topological polar surface area (TPSA) is 89.2 Å². The van der Waals surface area contributed by atoms with Crippen LogP contribution < -0.4 is 5.32 Å². The molecule has 1 N–H and O–H groups in total. The average molecular weight is 462 g/mol. The van der Waals surface area contributed by atoms with Crippen LogP contribution in [0, 0.1) is 0 Å². The van der Waals surface area contributed by atoms with Crippen LogP contribution in [-0.4, -0.2) is 46.1 Å². The van der Waals surface area contributed by atoms with E-state index >= 15 is 0 Å². The number of halogens is 1. The number of piperidine rings is 1. The zero-order valence-corrected chi connectivity index (χ0v) is 18.7. The Balaban J connectivity index is 1.51. The molecule has 0 atom stereocenters. The van der Waals surface area contributed by atoms with Gasteiger partial charge in [0, 0.05) is 37.4 Å². The first-order valence-corrected chi connectivity index (χ1v) is 11.9. The fourth-order valence-corrected chi connectivity index (χ4v) is 5.38. The molecule has 10 heteroatoms. The first-order chi connectivity index (χ1) is 14.8. The second-order valence-corrected chi connectivity index (χ2v) is 9.97. The molecule has 0 saturated carbocycles. The van der Waals surface area contributed by atoms with Crippen LogP contribution in [0.15, 0.2) is 53.7 Å². The zero-order chi connectivity index (χ0) is 22.0. The average Bonchev–Trinajstić information content (AvgIpc) is 3.37. The Bertz CT molecular complexity index is 1180. The predicted octanol–water partition coefficient (Wildman–Crippen LogP) is 3.35. The summed E-state index contributed by atoms with van der Waals surface area (Å²) in [7, 11) is -1.95. The van der Waals surface area contributed by atoms with Gasteiger partial charge in [-0.3, -0.25) is 4.79 Å². The highest BCUT2D eigenvalue weighted by molar-refractivity contribution is 7.89. The SMILES string of the molecule is Cn1cc(S(=O)(=O)N2CCCCC2)cc1C(=O)Nc1ccnn1Cc1ccc(Cl)cc1. The molecule has 1 amide bonds. The molecule has 4 rings (SSSR count). The molecule has 0 radical (unpaired) electrons. The molecule has 0 bridgehead atoms. The first-order valence-electron chi connectivity index (χ1n) is 10.1. The van der Waals surface area contributed by atoms with Crippen molar-refractivity contribution >= 4 is 33.3 Å². The fraction of sp³-hybridized carbons (Fsp3) is 0.333. The molecule has 3 heterocycles. The lowest BCUT2D eigenvalue weighted by Gasteiger charge is -2.25. The summed E-state index contributed by atoms with van der Waals surface area (Å²) in [6, 6.07) is 10.5. The van der Waals surface area contributed by atoms with Crippen LogP contribution >= 0.6 is 11.6 Å². The number of benzene rings is 1. The monoisotopic (exact) mass is 461 g/mol. The molecule has 0 unspecified atom stereocenters. The number of carbonyl (C=O) groups excluding carboxylic acids is 1. The molecule has 0 spiro atoms. The van der Waals surface area contributed by atoms with Crippen LogP contribution in [0.4, 0.5) is 5.82 Å². The molecular weight excluding hydrogens is 438 g/mol. The standard InChI is InChI=1S/C21H24ClN5O3S/c1-25-15-18(31(29,30)26-11-3-2-4-12-26)13-19(25)21(28)24-20-9-10-23-27(20)14-16-5-7-17(22)8-6-16/h5-10,13,15H,2-4,11-12,14H2,1H3,(H,24,28). The second-order valence-electron chi connectivity index (χ2n) is 7.59. The molecule has 8 nitrogen and oxygen atoms in total. The summed E-state index contributed by atoms with van der Waals surface area (Å²) in [5.74, 6) is 0.113. The number of carbonyl (C=O) groups is 1. The third kappa shape index (κ3) is 4.68. The van der Waals surface area contributed by atoms with Gasteiger partial charge >= 0.3 is 0 Å². The molecule has 0 aliphatic carbocycles. The number of amides is 1. The lowest BCUT2D eigenvalue weighted by atomic mass is 10.2. The molecule has 3 aromatic rings. The predicted molar refractivity (Wildman–Crippen MR) is 119 cm³/mol. The number of sulfonamides is 1. The highest BCUT2D eigenvalue weighted by Crippen LogP contribution is 2.23. The van der Waals surface area contributed by atoms with Crippen molar-refractivity contribution in [3.05, 3.63) is 65.1 Å². The van der Waals surface area contributed by atoms with Crippen molar-refractivity contribution in [1.29, 1.82) is 0 Å². The van der Waals surface area contributed by atoms with Gasteiger partial charge in [-0.25, -0.2) is 13.1 Å². The highest BCUT2D eigenvalue weighted by atomic mass is 35.5. The Kier molecular flexibility index (Phi) is 6.17. The summed E-state index contributed by atoms with van der Waals surface area (Å²) < 4.78 is 30.6. The maximum atomic E-state index is 12.9. The number of nitrogens with one attached hydrogen (secondary N) is 1. The number of hydrogen-bond donors (Lipinski definition) is 1. The van der Waals surface area contributed by atoms with E-state index in [1.807, 2.05) is 12.1 Å². The second kappa shape index (κ2) is 8.86. The fourth-order valence-electron chi connectivity index (χ4n) is 3.66. The third-order valence-electron chi connectivity index (χ3n) is 5.37. The van der Waals surface area contributed by atoms with Gasteiger partial charge in [0.2, 0.25) is 10.0 Å². The van der Waals surface area contributed by atoms with E-state index in [4.69, 9.17) is 11.6 Å². The summed E-state index contributed by atoms with van der Waals surface area (Å²) in [4.78, 5) is 13.0. The van der Waals surface area contributed by atoms with Crippen LogP contribution in [0.1, 0.15) is 35.3 Å². The van der Waals surface area contributed by atoms with Gasteiger partial charge < -0.3 is 9.88 Å². The minimum atomic E-state index is -3.61. The molecule has 1 aliphatic rings. The number of rotatable bonds is 6. The van der Waals surface area contributed by atoms with Crippen molar-refractivity contribution in [3.63, 3.8) is 0 Å². The molecule has 1 aliphatic heterocycles. The molecule has 31 heavy (non-hydrogen) atoms. The van der Waals surface area contributed by atoms with Crippen LogP contribution in [0.5, 0.6) is 0 Å². The Morgan fingerprint density at radius 2 is 1.84 bits per heavy atom. The molecular formula is C21H24ClN5O3S. The Labute approximate surface area is 186 Å². The van der Waals surface area contributed by atoms with E-state index in [2.05, 4.69) is 10.4 Å². The van der Waals surface area contributed by atoms with E-state index < -0.39 is 15.9 Å². The van der Waals surface area contributed by atoms with Crippen LogP contribution in [0.2, 0.25) is 5.02 Å². The van der Waals surface area contributed by atoms with Gasteiger partial charge in [-0.1, -0.05) is 30.2 Å². The lowest BCUT2D eigenvalue weighted by molar-refractivity contribution is 0.101. The van der Waals surface area contributed by atoms with E-state index in [9.17, 15) is 13.2 Å². The normalized spacial score (nSPS) is 15.2. The van der Waals surface area contributed by atoms with Crippen molar-refractivity contribution in [2.75, 3.05) is 18.4 Å². The Morgan fingerprint density at radius 1 is 1.13 bits per heavy atom. The molecule has 164 valence electrons.